The van der Waals surface area contributed by atoms with E-state index in [0.717, 1.165) is 37.1 Å². The number of ether oxygens (including phenoxy) is 8. The molecule has 2 atom stereocenters. The minimum Gasteiger partial charge on any atom is -0.463 e. The van der Waals surface area contributed by atoms with Crippen LogP contribution in [0.2, 0.25) is 0 Å². The zero-order valence-corrected chi connectivity index (χ0v) is 30.1. The molecule has 14 heteroatoms. The highest BCUT2D eigenvalue weighted by atomic mass is 16.6. The average Bonchev–Trinajstić information content (AvgIpc) is 3.07. The largest absolute Gasteiger partial charge is 0.463 e. The molecule has 0 aliphatic heterocycles. The minimum absolute atomic E-state index is 0.153. The molecular weight excluding hydrogens is 656 g/mol. The first-order chi connectivity index (χ1) is 23.5. The van der Waals surface area contributed by atoms with Gasteiger partial charge in [-0.1, -0.05) is 46.4 Å². The number of hydrogen-bond acceptors (Lipinski definition) is 14. The molecule has 282 valence electrons. The molecule has 50 heavy (non-hydrogen) atoms. The average molecular weight is 711 g/mol. The molecule has 0 saturated carbocycles. The van der Waals surface area contributed by atoms with Crippen molar-refractivity contribution < 1.29 is 66.7 Å². The van der Waals surface area contributed by atoms with E-state index in [9.17, 15) is 28.8 Å². The normalized spacial score (nSPS) is 10.8. The molecule has 0 bridgehead atoms. The van der Waals surface area contributed by atoms with Gasteiger partial charge in [-0.15, -0.1) is 0 Å². The first-order valence-electron chi connectivity index (χ1n) is 15.6. The van der Waals surface area contributed by atoms with Gasteiger partial charge in [0.25, 0.3) is 0 Å². The van der Waals surface area contributed by atoms with Crippen molar-refractivity contribution >= 4 is 35.8 Å². The molecule has 0 aliphatic carbocycles. The summed E-state index contributed by atoms with van der Waals surface area (Å²) in [6, 6.07) is 0. The van der Waals surface area contributed by atoms with Crippen LogP contribution in [0.1, 0.15) is 47.5 Å². The highest BCUT2D eigenvalue weighted by molar-refractivity contribution is 5.87. The second-order valence-corrected chi connectivity index (χ2v) is 10.3. The molecule has 0 heterocycles. The summed E-state index contributed by atoms with van der Waals surface area (Å²) in [6.45, 7) is 30.6. The van der Waals surface area contributed by atoms with Gasteiger partial charge in [0.1, 0.15) is 25.4 Å². The first kappa shape index (κ1) is 49.6. The Morgan fingerprint density at radius 1 is 0.500 bits per heavy atom. The highest BCUT2D eigenvalue weighted by Gasteiger charge is 2.10. The molecule has 0 aromatic heterocycles. The van der Waals surface area contributed by atoms with Gasteiger partial charge in [-0.05, 0) is 46.5 Å². The topological polar surface area (TPSA) is 176 Å². The van der Waals surface area contributed by atoms with Gasteiger partial charge in [0, 0.05) is 35.5 Å². The summed E-state index contributed by atoms with van der Waals surface area (Å²) in [4.78, 5) is 65.0. The van der Waals surface area contributed by atoms with E-state index in [-0.39, 0.29) is 51.8 Å². The second-order valence-electron chi connectivity index (χ2n) is 10.3. The van der Waals surface area contributed by atoms with E-state index in [0.29, 0.717) is 30.3 Å². The highest BCUT2D eigenvalue weighted by Crippen LogP contribution is 2.08. The van der Waals surface area contributed by atoms with E-state index in [1.165, 1.54) is 0 Å². The molecule has 0 N–H and O–H groups in total. The van der Waals surface area contributed by atoms with E-state index in [1.807, 2.05) is 6.92 Å². The standard InChI is InChI=1S/2C12H18O5.C12H18O4/c1-9(2)11(13)16-7-5-15-6-8-17-12(14)10(3)4;1-5-11(13)16-9(3)7-15-8-10(4)17-12(14)6-2;1-4-11(13)15-8-6-10(3)7-9-16-12(14)5-2/h1,3,5-8H2,2,4H3;5-6,9-10H,1-2,7-8H2,3-4H3;4-5,10H,1-2,6-9H2,3H3. The van der Waals surface area contributed by atoms with Crippen LogP contribution in [-0.4, -0.2) is 101 Å². The second kappa shape index (κ2) is 32.7. The fourth-order valence-corrected chi connectivity index (χ4v) is 2.68. The van der Waals surface area contributed by atoms with E-state index in [4.69, 9.17) is 37.9 Å². The van der Waals surface area contributed by atoms with Crippen molar-refractivity contribution in [3.05, 3.63) is 74.9 Å². The Hall–Kier alpha value is -4.82. The summed E-state index contributed by atoms with van der Waals surface area (Å²) in [5.74, 6) is -2.37. The molecule has 0 aromatic carbocycles. The molecular formula is C36H54O14. The Morgan fingerprint density at radius 3 is 1.14 bits per heavy atom. The molecule has 0 rings (SSSR count). The van der Waals surface area contributed by atoms with Gasteiger partial charge >= 0.3 is 35.8 Å². The van der Waals surface area contributed by atoms with E-state index in [1.54, 1.807) is 27.7 Å². The van der Waals surface area contributed by atoms with Gasteiger partial charge in [-0.25, -0.2) is 28.8 Å². The fraction of sp³-hybridized carbons (Fsp3) is 0.500. The van der Waals surface area contributed by atoms with Crippen molar-refractivity contribution in [2.45, 2.75) is 59.7 Å². The van der Waals surface area contributed by atoms with Crippen LogP contribution in [0.3, 0.4) is 0 Å². The van der Waals surface area contributed by atoms with Gasteiger partial charge in [-0.3, -0.25) is 0 Å². The maximum absolute atomic E-state index is 10.9. The summed E-state index contributed by atoms with van der Waals surface area (Å²) >= 11 is 0. The van der Waals surface area contributed by atoms with Crippen LogP contribution in [0.15, 0.2) is 74.9 Å². The van der Waals surface area contributed by atoms with Gasteiger partial charge in [0.15, 0.2) is 0 Å². The lowest BCUT2D eigenvalue weighted by atomic mass is 10.1. The van der Waals surface area contributed by atoms with Crippen LogP contribution in [-0.2, 0) is 66.7 Å². The third-order valence-electron chi connectivity index (χ3n) is 5.33. The number of hydrogen-bond donors (Lipinski definition) is 0. The minimum atomic E-state index is -0.493. The van der Waals surface area contributed by atoms with Crippen molar-refractivity contribution in [1.82, 2.24) is 0 Å². The van der Waals surface area contributed by atoms with Crippen molar-refractivity contribution in [3.63, 3.8) is 0 Å². The monoisotopic (exact) mass is 710 g/mol. The molecule has 0 aliphatic rings. The zero-order valence-electron chi connectivity index (χ0n) is 30.1. The number of esters is 6. The Bertz CT molecular complexity index is 1040. The van der Waals surface area contributed by atoms with Crippen LogP contribution in [0, 0.1) is 5.92 Å². The van der Waals surface area contributed by atoms with Gasteiger partial charge in [-0.2, -0.15) is 0 Å². The molecule has 0 amide bonds. The lowest BCUT2D eigenvalue weighted by Gasteiger charge is -2.15. The summed E-state index contributed by atoms with van der Waals surface area (Å²) in [6.07, 6.45) is 5.19. The molecule has 0 saturated heterocycles. The Balaban J connectivity index is -0.000000663. The lowest BCUT2D eigenvalue weighted by Crippen LogP contribution is -2.24. The van der Waals surface area contributed by atoms with Crippen LogP contribution in [0.4, 0.5) is 0 Å². The third kappa shape index (κ3) is 34.5. The quantitative estimate of drug-likeness (QED) is 0.0598. The van der Waals surface area contributed by atoms with Gasteiger partial charge in [0.05, 0.1) is 39.6 Å². The van der Waals surface area contributed by atoms with E-state index >= 15 is 0 Å². The predicted molar refractivity (Wildman–Crippen MR) is 185 cm³/mol. The van der Waals surface area contributed by atoms with Crippen LogP contribution < -0.4 is 0 Å². The van der Waals surface area contributed by atoms with Crippen molar-refractivity contribution in [2.75, 3.05) is 52.9 Å². The Kier molecular flexibility index (Phi) is 32.4. The number of carbonyl (C=O) groups excluding carboxylic acids is 6. The summed E-state index contributed by atoms with van der Waals surface area (Å²) in [5, 5.41) is 0. The van der Waals surface area contributed by atoms with Gasteiger partial charge in [0.2, 0.25) is 0 Å². The fourth-order valence-electron chi connectivity index (χ4n) is 2.68. The predicted octanol–water partition coefficient (Wildman–Crippen LogP) is 4.34. The molecule has 2 unspecified atom stereocenters. The Labute approximate surface area is 295 Å². The zero-order chi connectivity index (χ0) is 38.9. The molecule has 14 nitrogen and oxygen atoms in total. The van der Waals surface area contributed by atoms with Crippen molar-refractivity contribution in [1.29, 1.82) is 0 Å². The summed E-state index contributed by atoms with van der Waals surface area (Å²) < 4.78 is 39.3. The van der Waals surface area contributed by atoms with E-state index in [2.05, 4.69) is 39.5 Å². The van der Waals surface area contributed by atoms with Crippen molar-refractivity contribution in [2.24, 2.45) is 5.92 Å². The third-order valence-corrected chi connectivity index (χ3v) is 5.33. The van der Waals surface area contributed by atoms with E-state index < -0.39 is 35.8 Å². The summed E-state index contributed by atoms with van der Waals surface area (Å²) in [7, 11) is 0. The molecule has 0 spiro atoms. The Morgan fingerprint density at radius 2 is 0.840 bits per heavy atom. The van der Waals surface area contributed by atoms with Crippen LogP contribution in [0.25, 0.3) is 0 Å². The SMILES string of the molecule is C=C(C)C(=O)OCCOCCOC(=O)C(=C)C.C=CC(=O)OC(C)COCC(C)OC(=O)C=C.C=CC(=O)OCCC(C)CCOC(=O)C=C. The molecule has 0 aromatic rings. The first-order valence-corrected chi connectivity index (χ1v) is 15.6. The molecule has 0 fully saturated rings. The van der Waals surface area contributed by atoms with Crippen molar-refractivity contribution in [3.8, 4) is 0 Å². The number of rotatable bonds is 24. The van der Waals surface area contributed by atoms with Crippen LogP contribution in [0.5, 0.6) is 0 Å². The maximum Gasteiger partial charge on any atom is 0.333 e. The van der Waals surface area contributed by atoms with Crippen LogP contribution >= 0.6 is 0 Å². The number of carbonyl (C=O) groups is 6. The smallest absolute Gasteiger partial charge is 0.333 e. The van der Waals surface area contributed by atoms with Gasteiger partial charge < -0.3 is 37.9 Å². The lowest BCUT2D eigenvalue weighted by molar-refractivity contribution is -0.149. The molecule has 0 radical (unpaired) electrons. The maximum atomic E-state index is 10.9. The summed E-state index contributed by atoms with van der Waals surface area (Å²) in [5.41, 5.74) is 0.695.